The van der Waals surface area contributed by atoms with Crippen molar-refractivity contribution in [3.63, 3.8) is 0 Å². The summed E-state index contributed by atoms with van der Waals surface area (Å²) in [6.07, 6.45) is -0.662. The number of hydrogen-bond donors (Lipinski definition) is 4. The van der Waals surface area contributed by atoms with Gasteiger partial charge in [0.2, 0.25) is 5.91 Å². The van der Waals surface area contributed by atoms with Crippen molar-refractivity contribution in [3.05, 3.63) is 60.2 Å². The largest absolute Gasteiger partial charge is 0.444 e. The highest BCUT2D eigenvalue weighted by atomic mass is 32.2. The molecule has 0 fully saturated rings. The van der Waals surface area contributed by atoms with Gasteiger partial charge in [-0.1, -0.05) is 30.3 Å². The minimum Gasteiger partial charge on any atom is -0.444 e. The maximum atomic E-state index is 12.9. The Bertz CT molecular complexity index is 970. The maximum Gasteiger partial charge on any atom is 0.407 e. The molecule has 9 nitrogen and oxygen atoms in total. The van der Waals surface area contributed by atoms with Gasteiger partial charge in [0.15, 0.2) is 0 Å². The number of anilines is 2. The summed E-state index contributed by atoms with van der Waals surface area (Å²) in [5.41, 5.74) is 0.563. The van der Waals surface area contributed by atoms with E-state index in [4.69, 9.17) is 9.29 Å². The fourth-order valence-corrected chi connectivity index (χ4v) is 2.98. The molecule has 162 valence electrons. The van der Waals surface area contributed by atoms with Crippen LogP contribution in [0.3, 0.4) is 0 Å². The minimum absolute atomic E-state index is 0.0430. The lowest BCUT2D eigenvalue weighted by Gasteiger charge is -2.22. The number of para-hydroxylation sites is 1. The zero-order valence-corrected chi connectivity index (χ0v) is 17.7. The Hall–Kier alpha value is -3.11. The van der Waals surface area contributed by atoms with Crippen molar-refractivity contribution in [3.8, 4) is 0 Å². The van der Waals surface area contributed by atoms with Crippen molar-refractivity contribution in [2.24, 2.45) is 0 Å². The molecule has 10 heteroatoms. The lowest BCUT2D eigenvalue weighted by atomic mass is 9.97. The van der Waals surface area contributed by atoms with E-state index in [1.807, 2.05) is 10.8 Å². The summed E-state index contributed by atoms with van der Waals surface area (Å²) in [4.78, 5) is 24.9. The number of benzene rings is 2. The predicted molar refractivity (Wildman–Crippen MR) is 114 cm³/mol. The molecule has 0 radical (unpaired) electrons. The van der Waals surface area contributed by atoms with Gasteiger partial charge in [-0.05, 0) is 50.6 Å². The topological polar surface area (TPSA) is 134 Å². The molecule has 30 heavy (non-hydrogen) atoms. The van der Waals surface area contributed by atoms with Crippen molar-refractivity contribution >= 4 is 33.7 Å². The van der Waals surface area contributed by atoms with Crippen LogP contribution in [0, 0.1) is 0 Å². The molecule has 0 saturated heterocycles. The van der Waals surface area contributed by atoms with Crippen molar-refractivity contribution < 1.29 is 27.3 Å². The number of alkyl carbamates (subject to hydrolysis) is 1. The molecule has 2 rings (SSSR count). The average Bonchev–Trinajstić information content (AvgIpc) is 2.61. The van der Waals surface area contributed by atoms with Gasteiger partial charge >= 0.3 is 16.4 Å². The van der Waals surface area contributed by atoms with Crippen LogP contribution in [0.4, 0.5) is 16.2 Å². The van der Waals surface area contributed by atoms with Crippen LogP contribution in [0.15, 0.2) is 54.6 Å². The molecular weight excluding hydrogens is 410 g/mol. The third-order valence-corrected chi connectivity index (χ3v) is 4.26. The molecule has 0 aromatic heterocycles. The third kappa shape index (κ3) is 8.10. The molecule has 0 aliphatic carbocycles. The van der Waals surface area contributed by atoms with E-state index >= 15 is 0 Å². The average molecular weight is 436 g/mol. The number of ether oxygens (including phenoxy) is 1. The number of rotatable bonds is 7. The Labute approximate surface area is 175 Å². The molecule has 0 aliphatic heterocycles. The van der Waals surface area contributed by atoms with Crippen LogP contribution in [0.1, 0.15) is 32.3 Å². The second-order valence-corrected chi connectivity index (χ2v) is 8.64. The molecule has 1 atom stereocenters. The lowest BCUT2D eigenvalue weighted by Crippen LogP contribution is -2.37. The summed E-state index contributed by atoms with van der Waals surface area (Å²) in [6, 6.07) is 14.7. The zero-order chi connectivity index (χ0) is 22.4. The van der Waals surface area contributed by atoms with Gasteiger partial charge in [-0.3, -0.25) is 14.1 Å². The Morgan fingerprint density at radius 3 is 2.13 bits per heavy atom. The molecule has 0 bridgehead atoms. The first-order chi connectivity index (χ1) is 13.9. The van der Waals surface area contributed by atoms with Crippen LogP contribution in [0.2, 0.25) is 0 Å². The fourth-order valence-electron chi connectivity index (χ4n) is 2.54. The van der Waals surface area contributed by atoms with Crippen molar-refractivity contribution in [1.82, 2.24) is 5.32 Å². The SMILES string of the molecule is CC(C)(C)OC(=O)NC[C@H](C(=O)Nc1ccccc1)c1ccc(NS(=O)(=O)O)cc1. The number of carbonyl (C=O) groups excluding carboxylic acids is 2. The number of nitrogens with one attached hydrogen (secondary N) is 3. The first kappa shape index (κ1) is 23.2. The van der Waals surface area contributed by atoms with Crippen LogP contribution >= 0.6 is 0 Å². The summed E-state index contributed by atoms with van der Waals surface area (Å²) in [7, 11) is -4.41. The van der Waals surface area contributed by atoms with Crippen LogP contribution in [0.5, 0.6) is 0 Å². The number of amides is 2. The monoisotopic (exact) mass is 435 g/mol. The smallest absolute Gasteiger partial charge is 0.407 e. The van der Waals surface area contributed by atoms with Crippen LogP contribution in [0.25, 0.3) is 0 Å². The molecule has 0 spiro atoms. The second kappa shape index (κ2) is 9.59. The number of hydrogen-bond acceptors (Lipinski definition) is 5. The molecule has 0 unspecified atom stereocenters. The summed E-state index contributed by atoms with van der Waals surface area (Å²) in [5.74, 6) is -1.15. The van der Waals surface area contributed by atoms with Gasteiger partial charge in [0.25, 0.3) is 0 Å². The second-order valence-electron chi connectivity index (χ2n) is 7.49. The zero-order valence-electron chi connectivity index (χ0n) is 16.9. The quantitative estimate of drug-likeness (QED) is 0.494. The van der Waals surface area contributed by atoms with Gasteiger partial charge < -0.3 is 15.4 Å². The van der Waals surface area contributed by atoms with Crippen molar-refractivity contribution in [2.75, 3.05) is 16.6 Å². The predicted octanol–water partition coefficient (Wildman–Crippen LogP) is 3.15. The molecule has 0 aliphatic rings. The third-order valence-electron chi connectivity index (χ3n) is 3.77. The van der Waals surface area contributed by atoms with Gasteiger partial charge in [0.1, 0.15) is 5.60 Å². The molecule has 4 N–H and O–H groups in total. The van der Waals surface area contributed by atoms with Gasteiger partial charge in [-0.15, -0.1) is 0 Å². The van der Waals surface area contributed by atoms with Gasteiger partial charge in [-0.2, -0.15) is 8.42 Å². The van der Waals surface area contributed by atoms with E-state index in [9.17, 15) is 18.0 Å². The normalized spacial score (nSPS) is 12.5. The Morgan fingerprint density at radius 2 is 1.60 bits per heavy atom. The molecular formula is C20H25N3O6S. The highest BCUT2D eigenvalue weighted by Gasteiger charge is 2.24. The minimum atomic E-state index is -4.41. The molecule has 2 aromatic carbocycles. The first-order valence-electron chi connectivity index (χ1n) is 9.11. The standard InChI is InChI=1S/C20H25N3O6S/c1-20(2,3)29-19(25)21-13-17(18(24)22-15-7-5-4-6-8-15)14-9-11-16(12-10-14)23-30(26,27)28/h4-12,17,23H,13H2,1-3H3,(H,21,25)(H,22,24)(H,26,27,28)/t17-/m0/s1. The Balaban J connectivity index is 2.19. The Kier molecular flexibility index (Phi) is 7.41. The van der Waals surface area contributed by atoms with Crippen LogP contribution in [-0.4, -0.2) is 37.1 Å². The van der Waals surface area contributed by atoms with Crippen LogP contribution < -0.4 is 15.4 Å². The summed E-state index contributed by atoms with van der Waals surface area (Å²) in [5, 5.41) is 5.37. The molecule has 2 amide bonds. The summed E-state index contributed by atoms with van der Waals surface area (Å²) < 4.78 is 37.9. The number of carbonyl (C=O) groups is 2. The fraction of sp³-hybridized carbons (Fsp3) is 0.300. The van der Waals surface area contributed by atoms with Gasteiger partial charge in [-0.25, -0.2) is 4.79 Å². The van der Waals surface area contributed by atoms with E-state index in [1.54, 1.807) is 45.0 Å². The Morgan fingerprint density at radius 1 is 1.00 bits per heavy atom. The van der Waals surface area contributed by atoms with Crippen LogP contribution in [-0.2, 0) is 19.8 Å². The van der Waals surface area contributed by atoms with Gasteiger partial charge in [0, 0.05) is 12.2 Å². The van der Waals surface area contributed by atoms with E-state index in [0.29, 0.717) is 11.3 Å². The first-order valence-corrected chi connectivity index (χ1v) is 10.5. The molecule has 2 aromatic rings. The van der Waals surface area contributed by atoms with Crippen molar-refractivity contribution in [2.45, 2.75) is 32.3 Å². The maximum absolute atomic E-state index is 12.9. The van der Waals surface area contributed by atoms with E-state index in [-0.39, 0.29) is 18.1 Å². The highest BCUT2D eigenvalue weighted by Crippen LogP contribution is 2.21. The summed E-state index contributed by atoms with van der Waals surface area (Å²) in [6.45, 7) is 5.14. The van der Waals surface area contributed by atoms with E-state index < -0.39 is 27.9 Å². The molecule has 0 saturated carbocycles. The molecule has 0 heterocycles. The highest BCUT2D eigenvalue weighted by molar-refractivity contribution is 7.87. The van der Waals surface area contributed by atoms with Crippen molar-refractivity contribution in [1.29, 1.82) is 0 Å². The summed E-state index contributed by atoms with van der Waals surface area (Å²) >= 11 is 0. The van der Waals surface area contributed by atoms with E-state index in [1.165, 1.54) is 24.3 Å². The van der Waals surface area contributed by atoms with Gasteiger partial charge in [0.05, 0.1) is 11.6 Å². The van der Waals surface area contributed by atoms with E-state index in [0.717, 1.165) is 0 Å². The van der Waals surface area contributed by atoms with E-state index in [2.05, 4.69) is 10.6 Å². The lowest BCUT2D eigenvalue weighted by molar-refractivity contribution is -0.117.